The van der Waals surface area contributed by atoms with Crippen LogP contribution >= 0.6 is 15.9 Å². The number of hydrogen-bond donors (Lipinski definition) is 0. The third-order valence-electron chi connectivity index (χ3n) is 5.00. The van der Waals surface area contributed by atoms with Gasteiger partial charge in [0.1, 0.15) is 0 Å². The van der Waals surface area contributed by atoms with E-state index >= 15 is 0 Å². The van der Waals surface area contributed by atoms with Crippen molar-refractivity contribution in [2.75, 3.05) is 25.0 Å². The van der Waals surface area contributed by atoms with Crippen molar-refractivity contribution < 1.29 is 0 Å². The highest BCUT2D eigenvalue weighted by atomic mass is 79.9. The van der Waals surface area contributed by atoms with Gasteiger partial charge in [-0.2, -0.15) is 0 Å². The van der Waals surface area contributed by atoms with E-state index in [1.807, 2.05) is 0 Å². The summed E-state index contributed by atoms with van der Waals surface area (Å²) in [5.41, 5.74) is 1.10. The van der Waals surface area contributed by atoms with Gasteiger partial charge >= 0.3 is 0 Å². The Kier molecular flexibility index (Phi) is 4.24. The Hall–Kier alpha value is 0.440. The molecule has 17 heavy (non-hydrogen) atoms. The van der Waals surface area contributed by atoms with Crippen LogP contribution in [0.4, 0.5) is 0 Å². The first kappa shape index (κ1) is 13.9. The molecule has 2 aliphatic rings. The Bertz CT molecular complexity index is 250. The standard InChI is InChI=1S/C15H28BrN/c1-14(2,3)13-6-9-17(10-13)12-15(11-16)7-4-5-8-15/h13H,4-12H2,1-3H3. The zero-order valence-electron chi connectivity index (χ0n) is 11.8. The fourth-order valence-electron chi connectivity index (χ4n) is 3.62. The first-order valence-corrected chi connectivity index (χ1v) is 8.36. The van der Waals surface area contributed by atoms with Crippen LogP contribution in [0, 0.1) is 16.7 Å². The lowest BCUT2D eigenvalue weighted by Crippen LogP contribution is -2.37. The van der Waals surface area contributed by atoms with E-state index < -0.39 is 0 Å². The van der Waals surface area contributed by atoms with Gasteiger partial charge in [0.2, 0.25) is 0 Å². The van der Waals surface area contributed by atoms with Gasteiger partial charge in [-0.25, -0.2) is 0 Å². The molecule has 0 aromatic rings. The van der Waals surface area contributed by atoms with Crippen LogP contribution in [0.5, 0.6) is 0 Å². The predicted molar refractivity (Wildman–Crippen MR) is 78.7 cm³/mol. The van der Waals surface area contributed by atoms with Gasteiger partial charge in [0.05, 0.1) is 0 Å². The highest BCUT2D eigenvalue weighted by Gasteiger charge is 2.38. The fraction of sp³-hybridized carbons (Fsp3) is 1.00. The van der Waals surface area contributed by atoms with Crippen LogP contribution in [0.2, 0.25) is 0 Å². The van der Waals surface area contributed by atoms with Crippen LogP contribution in [0.15, 0.2) is 0 Å². The van der Waals surface area contributed by atoms with Crippen molar-refractivity contribution >= 4 is 15.9 Å². The van der Waals surface area contributed by atoms with E-state index in [0.717, 1.165) is 5.92 Å². The van der Waals surface area contributed by atoms with E-state index in [4.69, 9.17) is 0 Å². The van der Waals surface area contributed by atoms with Gasteiger partial charge in [-0.1, -0.05) is 49.5 Å². The van der Waals surface area contributed by atoms with Crippen molar-refractivity contribution in [2.24, 2.45) is 16.7 Å². The van der Waals surface area contributed by atoms with Crippen LogP contribution in [-0.4, -0.2) is 29.9 Å². The Balaban J connectivity index is 1.89. The Morgan fingerprint density at radius 3 is 2.35 bits per heavy atom. The van der Waals surface area contributed by atoms with Crippen LogP contribution in [-0.2, 0) is 0 Å². The molecular weight excluding hydrogens is 274 g/mol. The maximum atomic E-state index is 3.77. The van der Waals surface area contributed by atoms with Gasteiger partial charge in [-0.3, -0.25) is 0 Å². The molecule has 1 nitrogen and oxygen atoms in total. The van der Waals surface area contributed by atoms with Gasteiger partial charge in [0.15, 0.2) is 0 Å². The van der Waals surface area contributed by atoms with Crippen LogP contribution < -0.4 is 0 Å². The van der Waals surface area contributed by atoms with Gasteiger partial charge in [-0.15, -0.1) is 0 Å². The lowest BCUT2D eigenvalue weighted by Gasteiger charge is -2.33. The van der Waals surface area contributed by atoms with E-state index in [1.54, 1.807) is 0 Å². The lowest BCUT2D eigenvalue weighted by molar-refractivity contribution is 0.176. The second kappa shape index (κ2) is 5.21. The largest absolute Gasteiger partial charge is 0.302 e. The first-order valence-electron chi connectivity index (χ1n) is 7.24. The second-order valence-electron chi connectivity index (χ2n) is 7.43. The van der Waals surface area contributed by atoms with Crippen molar-refractivity contribution in [2.45, 2.75) is 52.9 Å². The summed E-state index contributed by atoms with van der Waals surface area (Å²) in [5.74, 6) is 0.899. The topological polar surface area (TPSA) is 3.24 Å². The summed E-state index contributed by atoms with van der Waals surface area (Å²) < 4.78 is 0. The van der Waals surface area contributed by atoms with Gasteiger partial charge in [0.25, 0.3) is 0 Å². The number of alkyl halides is 1. The van der Waals surface area contributed by atoms with Crippen molar-refractivity contribution in [1.82, 2.24) is 4.90 Å². The average Bonchev–Trinajstić information content (AvgIpc) is 2.87. The predicted octanol–water partition coefficient (Wildman–Crippen LogP) is 4.31. The van der Waals surface area contributed by atoms with Gasteiger partial charge < -0.3 is 4.90 Å². The molecule has 1 atom stereocenters. The summed E-state index contributed by atoms with van der Waals surface area (Å²) >= 11 is 3.77. The zero-order valence-corrected chi connectivity index (χ0v) is 13.4. The second-order valence-corrected chi connectivity index (χ2v) is 7.99. The lowest BCUT2D eigenvalue weighted by atomic mass is 9.80. The highest BCUT2D eigenvalue weighted by molar-refractivity contribution is 9.09. The molecule has 0 spiro atoms. The Morgan fingerprint density at radius 1 is 1.24 bits per heavy atom. The van der Waals surface area contributed by atoms with Crippen LogP contribution in [0.3, 0.4) is 0 Å². The van der Waals surface area contributed by atoms with Crippen molar-refractivity contribution in [3.63, 3.8) is 0 Å². The van der Waals surface area contributed by atoms with E-state index in [-0.39, 0.29) is 0 Å². The minimum Gasteiger partial charge on any atom is -0.302 e. The quantitative estimate of drug-likeness (QED) is 0.702. The Labute approximate surface area is 115 Å². The molecule has 0 amide bonds. The smallest absolute Gasteiger partial charge is 0.0100 e. The molecule has 1 unspecified atom stereocenters. The molecule has 1 saturated carbocycles. The van der Waals surface area contributed by atoms with E-state index in [1.165, 1.54) is 57.1 Å². The minimum absolute atomic E-state index is 0.492. The molecule has 0 bridgehead atoms. The third kappa shape index (κ3) is 3.26. The Morgan fingerprint density at radius 2 is 1.88 bits per heavy atom. The minimum atomic E-state index is 0.492. The molecule has 0 aromatic carbocycles. The maximum absolute atomic E-state index is 3.77. The number of hydrogen-bond acceptors (Lipinski definition) is 1. The molecule has 1 aliphatic heterocycles. The van der Waals surface area contributed by atoms with Crippen LogP contribution in [0.1, 0.15) is 52.9 Å². The van der Waals surface area contributed by atoms with Gasteiger partial charge in [0, 0.05) is 18.4 Å². The normalized spacial score (nSPS) is 30.0. The molecular formula is C15H28BrN. The summed E-state index contributed by atoms with van der Waals surface area (Å²) in [6.45, 7) is 11.2. The molecule has 2 rings (SSSR count). The third-order valence-corrected chi connectivity index (χ3v) is 6.19. The fourth-order valence-corrected chi connectivity index (χ4v) is 4.35. The summed E-state index contributed by atoms with van der Waals surface area (Å²) in [7, 11) is 0. The summed E-state index contributed by atoms with van der Waals surface area (Å²) in [6, 6.07) is 0. The number of halogens is 1. The summed E-state index contributed by atoms with van der Waals surface area (Å²) in [6.07, 6.45) is 7.18. The molecule has 1 aliphatic carbocycles. The molecule has 0 N–H and O–H groups in total. The molecule has 0 radical (unpaired) electrons. The highest BCUT2D eigenvalue weighted by Crippen LogP contribution is 2.42. The molecule has 1 saturated heterocycles. The molecule has 0 aromatic heterocycles. The van der Waals surface area contributed by atoms with Gasteiger partial charge in [-0.05, 0) is 42.6 Å². The first-order chi connectivity index (χ1) is 7.95. The summed E-state index contributed by atoms with van der Waals surface area (Å²) in [5, 5.41) is 1.21. The molecule has 2 heteroatoms. The van der Waals surface area contributed by atoms with Crippen LogP contribution in [0.25, 0.3) is 0 Å². The van der Waals surface area contributed by atoms with Crippen molar-refractivity contribution in [3.8, 4) is 0 Å². The zero-order chi connectivity index (χ0) is 12.5. The molecule has 2 fully saturated rings. The van der Waals surface area contributed by atoms with Crippen molar-refractivity contribution in [1.29, 1.82) is 0 Å². The van der Waals surface area contributed by atoms with E-state index in [0.29, 0.717) is 10.8 Å². The number of nitrogens with zero attached hydrogens (tertiary/aromatic N) is 1. The van der Waals surface area contributed by atoms with Crippen molar-refractivity contribution in [3.05, 3.63) is 0 Å². The summed E-state index contributed by atoms with van der Waals surface area (Å²) in [4.78, 5) is 2.74. The van der Waals surface area contributed by atoms with E-state index in [2.05, 4.69) is 41.6 Å². The maximum Gasteiger partial charge on any atom is 0.0100 e. The number of likely N-dealkylation sites (tertiary alicyclic amines) is 1. The average molecular weight is 302 g/mol. The molecule has 100 valence electrons. The van der Waals surface area contributed by atoms with E-state index in [9.17, 15) is 0 Å². The monoisotopic (exact) mass is 301 g/mol. The SMILES string of the molecule is CC(C)(C)C1CCN(CC2(CBr)CCCC2)C1. The molecule has 1 heterocycles. The number of rotatable bonds is 3.